The van der Waals surface area contributed by atoms with Crippen LogP contribution in [0.5, 0.6) is 0 Å². The summed E-state index contributed by atoms with van der Waals surface area (Å²) >= 11 is 1.29. The monoisotopic (exact) mass is 372 g/mol. The first-order valence-corrected chi connectivity index (χ1v) is 8.70. The highest BCUT2D eigenvalue weighted by Crippen LogP contribution is 2.32. The summed E-state index contributed by atoms with van der Waals surface area (Å²) in [4.78, 5) is 33.9. The van der Waals surface area contributed by atoms with Crippen molar-refractivity contribution in [1.29, 1.82) is 0 Å². The van der Waals surface area contributed by atoms with Crippen molar-refractivity contribution in [3.63, 3.8) is 0 Å². The van der Waals surface area contributed by atoms with Gasteiger partial charge < -0.3 is 10.6 Å². The SMILES string of the molecule is CC(=O)Nc1cc(NC(=O)c2sc3nc(C)nc(C)c3c2C)ccc1F. The van der Waals surface area contributed by atoms with Gasteiger partial charge in [0.1, 0.15) is 16.5 Å². The number of hydrogen-bond donors (Lipinski definition) is 2. The third kappa shape index (κ3) is 3.41. The second-order valence-corrected chi connectivity index (χ2v) is 6.92. The number of fused-ring (bicyclic) bond motifs is 1. The first-order chi connectivity index (χ1) is 12.3. The highest BCUT2D eigenvalue weighted by atomic mass is 32.1. The van der Waals surface area contributed by atoms with Gasteiger partial charge in [0.15, 0.2) is 0 Å². The molecule has 0 aliphatic heterocycles. The Morgan fingerprint density at radius 3 is 2.54 bits per heavy atom. The van der Waals surface area contributed by atoms with Gasteiger partial charge in [-0.15, -0.1) is 11.3 Å². The van der Waals surface area contributed by atoms with Crippen LogP contribution in [0.2, 0.25) is 0 Å². The second-order valence-electron chi connectivity index (χ2n) is 5.92. The third-order valence-corrected chi connectivity index (χ3v) is 5.01. The molecule has 0 saturated carbocycles. The van der Waals surface area contributed by atoms with Gasteiger partial charge in [-0.2, -0.15) is 0 Å². The standard InChI is InChI=1S/C18H17FN4O2S/c1-8-15-9(2)20-10(3)21-18(15)26-16(8)17(25)23-12-5-6-13(19)14(7-12)22-11(4)24/h5-7H,1-4H3,(H,22,24)(H,23,25). The number of halogens is 1. The number of rotatable bonds is 3. The molecule has 0 radical (unpaired) electrons. The number of benzene rings is 1. The Morgan fingerprint density at radius 1 is 1.12 bits per heavy atom. The molecule has 2 N–H and O–H groups in total. The van der Waals surface area contributed by atoms with Gasteiger partial charge >= 0.3 is 0 Å². The summed E-state index contributed by atoms with van der Waals surface area (Å²) in [6.07, 6.45) is 0. The van der Waals surface area contributed by atoms with Crippen LogP contribution >= 0.6 is 11.3 Å². The van der Waals surface area contributed by atoms with Gasteiger partial charge in [-0.05, 0) is 44.5 Å². The Kier molecular flexibility index (Phi) is 4.69. The van der Waals surface area contributed by atoms with Gasteiger partial charge in [0.2, 0.25) is 5.91 Å². The van der Waals surface area contributed by atoms with E-state index < -0.39 is 11.7 Å². The second kappa shape index (κ2) is 6.80. The van der Waals surface area contributed by atoms with Crippen LogP contribution in [0, 0.1) is 26.6 Å². The van der Waals surface area contributed by atoms with Crippen molar-refractivity contribution >= 4 is 44.7 Å². The van der Waals surface area contributed by atoms with Crippen molar-refractivity contribution in [3.05, 3.63) is 46.0 Å². The Balaban J connectivity index is 1.94. The normalized spacial score (nSPS) is 10.8. The molecule has 0 bridgehead atoms. The Labute approximate surface area is 153 Å². The lowest BCUT2D eigenvalue weighted by atomic mass is 10.1. The van der Waals surface area contributed by atoms with Crippen molar-refractivity contribution < 1.29 is 14.0 Å². The van der Waals surface area contributed by atoms with Gasteiger partial charge in [0.25, 0.3) is 5.91 Å². The van der Waals surface area contributed by atoms with E-state index in [-0.39, 0.29) is 11.6 Å². The minimum atomic E-state index is -0.572. The lowest BCUT2D eigenvalue weighted by molar-refractivity contribution is -0.114. The first-order valence-electron chi connectivity index (χ1n) is 7.89. The number of nitrogens with one attached hydrogen (secondary N) is 2. The maximum Gasteiger partial charge on any atom is 0.266 e. The lowest BCUT2D eigenvalue weighted by Crippen LogP contribution is -2.13. The summed E-state index contributed by atoms with van der Waals surface area (Å²) in [5.41, 5.74) is 2.04. The molecule has 0 aliphatic rings. The third-order valence-electron chi connectivity index (χ3n) is 3.82. The molecule has 0 aliphatic carbocycles. The molecular formula is C18H17FN4O2S. The Bertz CT molecular complexity index is 1050. The van der Waals surface area contributed by atoms with Crippen LogP contribution in [0.25, 0.3) is 10.2 Å². The van der Waals surface area contributed by atoms with Crippen molar-refractivity contribution in [2.75, 3.05) is 10.6 Å². The van der Waals surface area contributed by atoms with E-state index >= 15 is 0 Å². The molecule has 8 heteroatoms. The zero-order valence-corrected chi connectivity index (χ0v) is 15.5. The maximum absolute atomic E-state index is 13.7. The summed E-state index contributed by atoms with van der Waals surface area (Å²) in [7, 11) is 0. The van der Waals surface area contributed by atoms with Crippen LogP contribution in [0.3, 0.4) is 0 Å². The van der Waals surface area contributed by atoms with Gasteiger partial charge in [-0.1, -0.05) is 0 Å². The average molecular weight is 372 g/mol. The number of nitrogens with zero attached hydrogens (tertiary/aromatic N) is 2. The lowest BCUT2D eigenvalue weighted by Gasteiger charge is -2.08. The zero-order valence-electron chi connectivity index (χ0n) is 14.7. The molecule has 0 spiro atoms. The molecule has 0 atom stereocenters. The van der Waals surface area contributed by atoms with Crippen molar-refractivity contribution in [2.24, 2.45) is 0 Å². The predicted molar refractivity (Wildman–Crippen MR) is 100 cm³/mol. The summed E-state index contributed by atoms with van der Waals surface area (Å²) in [6.45, 7) is 6.84. The van der Waals surface area contributed by atoms with Crippen molar-refractivity contribution in [3.8, 4) is 0 Å². The number of carbonyl (C=O) groups excluding carboxylic acids is 2. The molecule has 134 valence electrons. The number of anilines is 2. The molecule has 0 saturated heterocycles. The molecule has 26 heavy (non-hydrogen) atoms. The molecular weight excluding hydrogens is 355 g/mol. The fourth-order valence-electron chi connectivity index (χ4n) is 2.77. The number of thiophene rings is 1. The molecule has 0 fully saturated rings. The van der Waals surface area contributed by atoms with Crippen molar-refractivity contribution in [1.82, 2.24) is 9.97 Å². The van der Waals surface area contributed by atoms with Crippen LogP contribution in [-0.2, 0) is 4.79 Å². The Morgan fingerprint density at radius 2 is 1.85 bits per heavy atom. The summed E-state index contributed by atoms with van der Waals surface area (Å²) in [5.74, 6) is -0.626. The number of amides is 2. The molecule has 2 aromatic heterocycles. The predicted octanol–water partition coefficient (Wildman–Crippen LogP) is 3.97. The molecule has 3 aromatic rings. The number of aryl methyl sites for hydroxylation is 3. The molecule has 2 heterocycles. The maximum atomic E-state index is 13.7. The van der Waals surface area contributed by atoms with Crippen LogP contribution in [-0.4, -0.2) is 21.8 Å². The van der Waals surface area contributed by atoms with E-state index in [1.54, 1.807) is 0 Å². The summed E-state index contributed by atoms with van der Waals surface area (Å²) in [6, 6.07) is 4.01. The topological polar surface area (TPSA) is 84.0 Å². The molecule has 0 unspecified atom stereocenters. The summed E-state index contributed by atoms with van der Waals surface area (Å²) in [5, 5.41) is 6.01. The quantitative estimate of drug-likeness (QED) is 0.729. The van der Waals surface area contributed by atoms with Gasteiger partial charge in [-0.25, -0.2) is 14.4 Å². The molecule has 2 amide bonds. The highest BCUT2D eigenvalue weighted by molar-refractivity contribution is 7.20. The molecule has 1 aromatic carbocycles. The van der Waals surface area contributed by atoms with E-state index in [1.165, 1.54) is 36.5 Å². The number of carbonyl (C=O) groups is 2. The fourth-order valence-corrected chi connectivity index (χ4v) is 3.94. The van der Waals surface area contributed by atoms with E-state index in [9.17, 15) is 14.0 Å². The van der Waals surface area contributed by atoms with Crippen molar-refractivity contribution in [2.45, 2.75) is 27.7 Å². The highest BCUT2D eigenvalue weighted by Gasteiger charge is 2.19. The van der Waals surface area contributed by atoms with Gasteiger partial charge in [0.05, 0.1) is 10.6 Å². The van der Waals surface area contributed by atoms with Crippen LogP contribution < -0.4 is 10.6 Å². The smallest absolute Gasteiger partial charge is 0.266 e. The average Bonchev–Trinajstić information content (AvgIpc) is 2.87. The van der Waals surface area contributed by atoms with Crippen LogP contribution in [0.1, 0.15) is 33.7 Å². The van der Waals surface area contributed by atoms with Gasteiger partial charge in [0, 0.05) is 23.7 Å². The van der Waals surface area contributed by atoms with Crippen LogP contribution in [0.15, 0.2) is 18.2 Å². The minimum absolute atomic E-state index is 0.0145. The van der Waals surface area contributed by atoms with E-state index in [1.807, 2.05) is 20.8 Å². The van der Waals surface area contributed by atoms with E-state index in [0.29, 0.717) is 16.4 Å². The molecule has 6 nitrogen and oxygen atoms in total. The van der Waals surface area contributed by atoms with E-state index in [0.717, 1.165) is 21.5 Å². The Hall–Kier alpha value is -2.87. The largest absolute Gasteiger partial charge is 0.324 e. The molecule has 3 rings (SSSR count). The first kappa shape index (κ1) is 17.9. The zero-order chi connectivity index (χ0) is 19.0. The van der Waals surface area contributed by atoms with Gasteiger partial charge in [-0.3, -0.25) is 9.59 Å². The minimum Gasteiger partial charge on any atom is -0.324 e. The van der Waals surface area contributed by atoms with E-state index in [4.69, 9.17) is 0 Å². The fraction of sp³-hybridized carbons (Fsp3) is 0.222. The summed E-state index contributed by atoms with van der Waals surface area (Å²) < 4.78 is 13.7. The number of hydrogen-bond acceptors (Lipinski definition) is 5. The van der Waals surface area contributed by atoms with Crippen LogP contribution in [0.4, 0.5) is 15.8 Å². The number of aromatic nitrogens is 2. The van der Waals surface area contributed by atoms with E-state index in [2.05, 4.69) is 20.6 Å².